The van der Waals surface area contributed by atoms with Gasteiger partial charge in [0.05, 0.1) is 22.3 Å². The van der Waals surface area contributed by atoms with Gasteiger partial charge in [0.2, 0.25) is 0 Å². The average Bonchev–Trinajstić information content (AvgIpc) is 3.02. The van der Waals surface area contributed by atoms with Gasteiger partial charge in [-0.2, -0.15) is 0 Å². The molecule has 1 unspecified atom stereocenters. The van der Waals surface area contributed by atoms with Gasteiger partial charge < -0.3 is 9.47 Å². The predicted molar refractivity (Wildman–Crippen MR) is 75.9 cm³/mol. The van der Waals surface area contributed by atoms with Crippen LogP contribution in [0.2, 0.25) is 0 Å². The molecule has 1 aromatic rings. The van der Waals surface area contributed by atoms with Crippen molar-refractivity contribution in [2.75, 3.05) is 0 Å². The van der Waals surface area contributed by atoms with Crippen LogP contribution < -0.4 is 0 Å². The second-order valence-corrected chi connectivity index (χ2v) is 5.54. The van der Waals surface area contributed by atoms with E-state index < -0.39 is 29.8 Å². The molecule has 1 aliphatic carbocycles. The number of allylic oxidation sites excluding steroid dienone is 1. The fourth-order valence-corrected chi connectivity index (χ4v) is 2.93. The molecule has 0 spiro atoms. The van der Waals surface area contributed by atoms with E-state index in [9.17, 15) is 24.0 Å². The summed E-state index contributed by atoms with van der Waals surface area (Å²) in [5, 5.41) is 0. The second kappa shape index (κ2) is 4.82. The zero-order chi connectivity index (χ0) is 17.0. The molecule has 24 heavy (non-hydrogen) atoms. The highest BCUT2D eigenvalue weighted by Gasteiger charge is 2.37. The van der Waals surface area contributed by atoms with E-state index in [0.717, 1.165) is 0 Å². The standard InChI is InChI=1S/C17H8O7/c18-13(7-1-3-9-11(5-7)16(21)23-14(9)19)8-2-4-10-12(6-8)17(22)24-15(10)20/h1-5,8H,6H2. The smallest absolute Gasteiger partial charge is 0.346 e. The van der Waals surface area contributed by atoms with Gasteiger partial charge in [-0.15, -0.1) is 0 Å². The number of benzene rings is 1. The molecule has 0 bridgehead atoms. The van der Waals surface area contributed by atoms with Crippen molar-refractivity contribution in [3.63, 3.8) is 0 Å². The number of rotatable bonds is 2. The molecule has 0 fully saturated rings. The Labute approximate surface area is 134 Å². The number of fused-ring (bicyclic) bond motifs is 1. The SMILES string of the molecule is O=C1OC(=O)C2=C1C=CC(C(=O)c1ccc3c(c1)C(=O)OC3=O)C2. The second-order valence-electron chi connectivity index (χ2n) is 5.54. The van der Waals surface area contributed by atoms with Gasteiger partial charge in [0.15, 0.2) is 5.78 Å². The lowest BCUT2D eigenvalue weighted by Crippen LogP contribution is -2.18. The van der Waals surface area contributed by atoms with Crippen molar-refractivity contribution in [2.24, 2.45) is 5.92 Å². The van der Waals surface area contributed by atoms with Gasteiger partial charge in [0, 0.05) is 11.5 Å². The number of cyclic esters (lactones) is 4. The van der Waals surface area contributed by atoms with Crippen LogP contribution in [0.4, 0.5) is 0 Å². The molecule has 0 amide bonds. The van der Waals surface area contributed by atoms with Crippen LogP contribution in [0.5, 0.6) is 0 Å². The first kappa shape index (κ1) is 14.3. The Balaban J connectivity index is 1.64. The van der Waals surface area contributed by atoms with E-state index in [1.54, 1.807) is 0 Å². The topological polar surface area (TPSA) is 104 Å². The molecule has 0 saturated heterocycles. The van der Waals surface area contributed by atoms with Crippen LogP contribution in [0.3, 0.4) is 0 Å². The summed E-state index contributed by atoms with van der Waals surface area (Å²) in [6, 6.07) is 4.10. The molecule has 0 saturated carbocycles. The average molecular weight is 324 g/mol. The summed E-state index contributed by atoms with van der Waals surface area (Å²) in [5.41, 5.74) is 0.729. The fourth-order valence-electron chi connectivity index (χ4n) is 2.93. The Hall–Kier alpha value is -3.35. The monoisotopic (exact) mass is 324 g/mol. The fraction of sp³-hybridized carbons (Fsp3) is 0.118. The molecule has 7 heteroatoms. The van der Waals surface area contributed by atoms with Gasteiger partial charge >= 0.3 is 23.9 Å². The molecule has 2 aliphatic heterocycles. The molecule has 1 atom stereocenters. The molecule has 0 N–H and O–H groups in total. The lowest BCUT2D eigenvalue weighted by molar-refractivity contribution is -0.151. The summed E-state index contributed by atoms with van der Waals surface area (Å²) < 4.78 is 9.00. The van der Waals surface area contributed by atoms with Gasteiger partial charge in [-0.05, 0) is 18.6 Å². The van der Waals surface area contributed by atoms with Crippen LogP contribution in [-0.4, -0.2) is 29.7 Å². The van der Waals surface area contributed by atoms with Gasteiger partial charge in [0.1, 0.15) is 0 Å². The van der Waals surface area contributed by atoms with Gasteiger partial charge in [-0.25, -0.2) is 19.2 Å². The van der Waals surface area contributed by atoms with E-state index in [2.05, 4.69) is 9.47 Å². The molecule has 0 radical (unpaired) electrons. The zero-order valence-corrected chi connectivity index (χ0v) is 12.0. The van der Waals surface area contributed by atoms with Gasteiger partial charge in [-0.3, -0.25) is 4.79 Å². The van der Waals surface area contributed by atoms with Crippen LogP contribution in [0, 0.1) is 5.92 Å². The Morgan fingerprint density at radius 2 is 1.62 bits per heavy atom. The van der Waals surface area contributed by atoms with E-state index in [4.69, 9.17) is 0 Å². The molecule has 0 aromatic heterocycles. The number of hydrogen-bond acceptors (Lipinski definition) is 7. The maximum absolute atomic E-state index is 12.6. The summed E-state index contributed by atoms with van der Waals surface area (Å²) in [6.45, 7) is 0. The minimum atomic E-state index is -0.793. The summed E-state index contributed by atoms with van der Waals surface area (Å²) in [6.07, 6.45) is 2.98. The van der Waals surface area contributed by atoms with Crippen molar-refractivity contribution in [1.29, 1.82) is 0 Å². The van der Waals surface area contributed by atoms with E-state index in [1.165, 1.54) is 30.4 Å². The van der Waals surface area contributed by atoms with Crippen molar-refractivity contribution in [3.8, 4) is 0 Å². The molecular weight excluding hydrogens is 316 g/mol. The van der Waals surface area contributed by atoms with Crippen LogP contribution in [0.1, 0.15) is 37.5 Å². The third kappa shape index (κ3) is 1.95. The highest BCUT2D eigenvalue weighted by Crippen LogP contribution is 2.32. The lowest BCUT2D eigenvalue weighted by Gasteiger charge is -2.15. The van der Waals surface area contributed by atoms with Crippen LogP contribution in [-0.2, 0) is 19.1 Å². The Bertz CT molecular complexity index is 932. The summed E-state index contributed by atoms with van der Waals surface area (Å²) >= 11 is 0. The Morgan fingerprint density at radius 1 is 0.917 bits per heavy atom. The lowest BCUT2D eigenvalue weighted by atomic mass is 9.85. The molecule has 1 aromatic carbocycles. The summed E-state index contributed by atoms with van der Waals surface area (Å²) in [5.74, 6) is -3.98. The number of carbonyl (C=O) groups excluding carboxylic acids is 5. The summed E-state index contributed by atoms with van der Waals surface area (Å²) in [4.78, 5) is 58.7. The number of ketones is 1. The number of esters is 4. The van der Waals surface area contributed by atoms with Crippen LogP contribution in [0.25, 0.3) is 0 Å². The maximum atomic E-state index is 12.6. The van der Waals surface area contributed by atoms with Crippen molar-refractivity contribution < 1.29 is 33.4 Å². The van der Waals surface area contributed by atoms with Crippen molar-refractivity contribution in [2.45, 2.75) is 6.42 Å². The number of Topliss-reactive ketones (excluding diaryl/α,β-unsaturated/α-hetero) is 1. The molecule has 7 nitrogen and oxygen atoms in total. The first-order valence-corrected chi connectivity index (χ1v) is 7.08. The quantitative estimate of drug-likeness (QED) is 0.456. The van der Waals surface area contributed by atoms with Crippen molar-refractivity contribution in [3.05, 3.63) is 58.2 Å². The van der Waals surface area contributed by atoms with Crippen LogP contribution >= 0.6 is 0 Å². The first-order valence-electron chi connectivity index (χ1n) is 7.08. The summed E-state index contributed by atoms with van der Waals surface area (Å²) in [7, 11) is 0. The predicted octanol–water partition coefficient (Wildman–Crippen LogP) is 1.14. The first-order chi connectivity index (χ1) is 11.5. The third-order valence-electron chi connectivity index (χ3n) is 4.16. The van der Waals surface area contributed by atoms with E-state index >= 15 is 0 Å². The number of hydrogen-bond donors (Lipinski definition) is 0. The molecule has 118 valence electrons. The molecule has 2 heterocycles. The van der Waals surface area contributed by atoms with Gasteiger partial charge in [0.25, 0.3) is 0 Å². The van der Waals surface area contributed by atoms with E-state index in [1.807, 2.05) is 0 Å². The van der Waals surface area contributed by atoms with E-state index in [0.29, 0.717) is 0 Å². The minimum absolute atomic E-state index is 0.0426. The third-order valence-corrected chi connectivity index (χ3v) is 4.16. The van der Waals surface area contributed by atoms with Crippen LogP contribution in [0.15, 0.2) is 41.5 Å². The van der Waals surface area contributed by atoms with E-state index in [-0.39, 0.29) is 40.0 Å². The van der Waals surface area contributed by atoms with Crippen molar-refractivity contribution >= 4 is 29.7 Å². The maximum Gasteiger partial charge on any atom is 0.346 e. The Kier molecular flexibility index (Phi) is 2.86. The highest BCUT2D eigenvalue weighted by molar-refractivity contribution is 6.17. The highest BCUT2D eigenvalue weighted by atomic mass is 16.6. The number of carbonyl (C=O) groups is 5. The molecule has 3 aliphatic rings. The zero-order valence-electron chi connectivity index (χ0n) is 12.0. The largest absolute Gasteiger partial charge is 0.386 e. The normalized spacial score (nSPS) is 21.6. The van der Waals surface area contributed by atoms with Crippen molar-refractivity contribution in [1.82, 2.24) is 0 Å². The molecule has 4 rings (SSSR count). The van der Waals surface area contributed by atoms with Gasteiger partial charge in [-0.1, -0.05) is 18.2 Å². The molecular formula is C17H8O7. The number of ether oxygens (including phenoxy) is 2. The minimum Gasteiger partial charge on any atom is -0.386 e. The Morgan fingerprint density at radius 3 is 2.42 bits per heavy atom.